The van der Waals surface area contributed by atoms with Crippen LogP contribution in [0.15, 0.2) is 23.1 Å². The van der Waals surface area contributed by atoms with Gasteiger partial charge in [0.05, 0.1) is 5.56 Å². The maximum absolute atomic E-state index is 12.7. The van der Waals surface area contributed by atoms with Gasteiger partial charge >= 0.3 is 14.9 Å². The number of rotatable bonds is 5. The van der Waals surface area contributed by atoms with E-state index < -0.39 is 42.2 Å². The first kappa shape index (κ1) is 16.0. The van der Waals surface area contributed by atoms with Crippen molar-refractivity contribution in [2.45, 2.75) is 18.0 Å². The minimum Gasteiger partial charge on any atom is -0.265 e. The molecule has 1 aromatic carbocycles. The standard InChI is InChI=1S/C9H8F3O5PS/c1-6-3-2-4-7(9(10,11)12)8(6)19(14,15)17-5-16-18-13/h2-4H,5H2,1H3. The van der Waals surface area contributed by atoms with Gasteiger partial charge in [-0.2, -0.15) is 21.6 Å². The van der Waals surface area contributed by atoms with Gasteiger partial charge in [-0.3, -0.25) is 4.52 Å². The van der Waals surface area contributed by atoms with Gasteiger partial charge in [-0.05, 0) is 18.6 Å². The highest BCUT2D eigenvalue weighted by molar-refractivity contribution is 7.86. The predicted octanol–water partition coefficient (Wildman–Crippen LogP) is 2.90. The van der Waals surface area contributed by atoms with E-state index in [4.69, 9.17) is 0 Å². The molecule has 0 amide bonds. The second-order valence-corrected chi connectivity index (χ2v) is 5.30. The Bertz CT molecular complexity index is 570. The van der Waals surface area contributed by atoms with Crippen LogP contribution < -0.4 is 0 Å². The molecule has 0 atom stereocenters. The Morgan fingerprint density at radius 1 is 1.32 bits per heavy atom. The Morgan fingerprint density at radius 3 is 2.47 bits per heavy atom. The zero-order valence-electron chi connectivity index (χ0n) is 9.47. The van der Waals surface area contributed by atoms with Crippen molar-refractivity contribution in [2.24, 2.45) is 0 Å². The summed E-state index contributed by atoms with van der Waals surface area (Å²) in [6.45, 7) is 0.261. The van der Waals surface area contributed by atoms with Crippen molar-refractivity contribution in [2.75, 3.05) is 6.79 Å². The van der Waals surface area contributed by atoms with E-state index >= 15 is 0 Å². The highest BCUT2D eigenvalue weighted by Crippen LogP contribution is 2.36. The summed E-state index contributed by atoms with van der Waals surface area (Å²) < 4.78 is 79.9. The number of benzene rings is 1. The molecule has 0 aromatic heterocycles. The molecule has 0 N–H and O–H groups in total. The average Bonchev–Trinajstić information content (AvgIpc) is 2.27. The predicted molar refractivity (Wildman–Crippen MR) is 58.0 cm³/mol. The molecule has 0 aliphatic rings. The molecule has 0 heterocycles. The van der Waals surface area contributed by atoms with E-state index in [0.717, 1.165) is 6.07 Å². The van der Waals surface area contributed by atoms with Crippen molar-refractivity contribution in [3.05, 3.63) is 29.3 Å². The number of alkyl halides is 3. The monoisotopic (exact) mass is 316 g/mol. The Kier molecular flexibility index (Phi) is 5.03. The quantitative estimate of drug-likeness (QED) is 0.361. The van der Waals surface area contributed by atoms with Gasteiger partial charge in [0.1, 0.15) is 4.90 Å². The van der Waals surface area contributed by atoms with Crippen LogP contribution in [0.3, 0.4) is 0 Å². The van der Waals surface area contributed by atoms with Gasteiger partial charge in [0.2, 0.25) is 0 Å². The Hall–Kier alpha value is -1.02. The largest absolute Gasteiger partial charge is 0.417 e. The molecule has 0 radical (unpaired) electrons. The molecule has 0 aliphatic heterocycles. The molecule has 1 rings (SSSR count). The SMILES string of the molecule is Cc1cccc(C(F)(F)F)c1S(=O)(=O)OCOP=O. The van der Waals surface area contributed by atoms with Crippen molar-refractivity contribution >= 4 is 18.8 Å². The van der Waals surface area contributed by atoms with Crippen LogP contribution in [0, 0.1) is 6.92 Å². The van der Waals surface area contributed by atoms with Gasteiger partial charge < -0.3 is 0 Å². The lowest BCUT2D eigenvalue weighted by molar-refractivity contribution is -0.140. The van der Waals surface area contributed by atoms with Gasteiger partial charge in [-0.15, -0.1) is 0 Å². The molecular formula is C9H8F3O5PS. The fraction of sp³-hybridized carbons (Fsp3) is 0.333. The fourth-order valence-electron chi connectivity index (χ4n) is 1.37. The van der Waals surface area contributed by atoms with Gasteiger partial charge in [0, 0.05) is 0 Å². The van der Waals surface area contributed by atoms with E-state index in [9.17, 15) is 26.2 Å². The first-order valence-electron chi connectivity index (χ1n) is 4.71. The molecule has 1 aromatic rings. The molecule has 0 bridgehead atoms. The van der Waals surface area contributed by atoms with Crippen LogP contribution in [-0.2, 0) is 29.6 Å². The topological polar surface area (TPSA) is 69.7 Å². The molecule has 0 fully saturated rings. The minimum absolute atomic E-state index is 0.116. The summed E-state index contributed by atoms with van der Waals surface area (Å²) in [5, 5.41) is 0. The molecule has 5 nitrogen and oxygen atoms in total. The fourth-order valence-corrected chi connectivity index (χ4v) is 2.75. The minimum atomic E-state index is -4.84. The van der Waals surface area contributed by atoms with E-state index in [-0.39, 0.29) is 5.56 Å². The second-order valence-electron chi connectivity index (χ2n) is 3.34. The molecule has 0 saturated carbocycles. The highest BCUT2D eigenvalue weighted by atomic mass is 32.2. The third kappa shape index (κ3) is 3.97. The molecule has 0 spiro atoms. The summed E-state index contributed by atoms with van der Waals surface area (Å²) in [5.41, 5.74) is -1.44. The molecular weight excluding hydrogens is 308 g/mol. The van der Waals surface area contributed by atoms with Gasteiger partial charge in [-0.1, -0.05) is 12.1 Å². The second kappa shape index (κ2) is 5.96. The van der Waals surface area contributed by atoms with Crippen LogP contribution in [0.25, 0.3) is 0 Å². The van der Waals surface area contributed by atoms with Gasteiger partial charge in [0.25, 0.3) is 10.1 Å². The normalized spacial score (nSPS) is 12.8. The maximum Gasteiger partial charge on any atom is 0.417 e. The zero-order chi connectivity index (χ0) is 14.7. The van der Waals surface area contributed by atoms with Gasteiger partial charge in [0.15, 0.2) is 6.79 Å². The van der Waals surface area contributed by atoms with E-state index in [1.807, 2.05) is 0 Å². The van der Waals surface area contributed by atoms with Crippen molar-refractivity contribution in [3.63, 3.8) is 0 Å². The lowest BCUT2D eigenvalue weighted by atomic mass is 10.1. The van der Waals surface area contributed by atoms with Gasteiger partial charge in [-0.25, -0.2) is 8.75 Å². The summed E-state index contributed by atoms with van der Waals surface area (Å²) in [7, 11) is -5.51. The summed E-state index contributed by atoms with van der Waals surface area (Å²) in [6.07, 6.45) is -4.84. The van der Waals surface area contributed by atoms with Crippen molar-refractivity contribution in [1.29, 1.82) is 0 Å². The highest BCUT2D eigenvalue weighted by Gasteiger charge is 2.38. The van der Waals surface area contributed by atoms with E-state index in [1.54, 1.807) is 0 Å². The smallest absolute Gasteiger partial charge is 0.265 e. The average molecular weight is 316 g/mol. The van der Waals surface area contributed by atoms with Crippen LogP contribution in [0.4, 0.5) is 13.2 Å². The first-order chi connectivity index (χ1) is 8.70. The van der Waals surface area contributed by atoms with E-state index in [2.05, 4.69) is 8.71 Å². The number of hydrogen-bond acceptors (Lipinski definition) is 5. The lowest BCUT2D eigenvalue weighted by Gasteiger charge is -2.14. The van der Waals surface area contributed by atoms with Crippen molar-refractivity contribution < 1.29 is 34.9 Å². The first-order valence-corrected chi connectivity index (χ1v) is 6.85. The summed E-state index contributed by atoms with van der Waals surface area (Å²) in [6, 6.07) is 2.93. The summed E-state index contributed by atoms with van der Waals surface area (Å²) >= 11 is 0. The molecule has 0 saturated heterocycles. The molecule has 0 unspecified atom stereocenters. The third-order valence-corrected chi connectivity index (χ3v) is 3.74. The van der Waals surface area contributed by atoms with Crippen LogP contribution >= 0.6 is 8.69 Å². The summed E-state index contributed by atoms with van der Waals surface area (Å²) in [4.78, 5) is -0.978. The van der Waals surface area contributed by atoms with Crippen molar-refractivity contribution in [1.82, 2.24) is 0 Å². The Morgan fingerprint density at radius 2 is 1.95 bits per heavy atom. The lowest BCUT2D eigenvalue weighted by Crippen LogP contribution is -2.17. The van der Waals surface area contributed by atoms with Crippen molar-refractivity contribution in [3.8, 4) is 0 Å². The van der Waals surface area contributed by atoms with E-state index in [0.29, 0.717) is 6.07 Å². The Balaban J connectivity index is 3.29. The summed E-state index contributed by atoms with van der Waals surface area (Å²) in [5.74, 6) is 0. The number of hydrogen-bond donors (Lipinski definition) is 0. The van der Waals surface area contributed by atoms with E-state index in [1.165, 1.54) is 13.0 Å². The van der Waals surface area contributed by atoms with Crippen LogP contribution in [0.5, 0.6) is 0 Å². The number of halogens is 3. The maximum atomic E-state index is 12.7. The van der Waals surface area contributed by atoms with Crippen LogP contribution in [-0.4, -0.2) is 15.2 Å². The third-order valence-electron chi connectivity index (χ3n) is 2.08. The molecule has 19 heavy (non-hydrogen) atoms. The van der Waals surface area contributed by atoms with Crippen LogP contribution in [0.2, 0.25) is 0 Å². The Labute approximate surface area is 108 Å². The zero-order valence-corrected chi connectivity index (χ0v) is 11.2. The number of aryl methyl sites for hydroxylation is 1. The molecule has 10 heteroatoms. The molecule has 106 valence electrons. The van der Waals surface area contributed by atoms with Crippen LogP contribution in [0.1, 0.15) is 11.1 Å². The molecule has 0 aliphatic carbocycles.